The summed E-state index contributed by atoms with van der Waals surface area (Å²) in [5.74, 6) is -0.886. The third-order valence-corrected chi connectivity index (χ3v) is 3.78. The summed E-state index contributed by atoms with van der Waals surface area (Å²) in [4.78, 5) is 13.5. The van der Waals surface area contributed by atoms with Crippen LogP contribution in [0.25, 0.3) is 0 Å². The van der Waals surface area contributed by atoms with Gasteiger partial charge in [-0.3, -0.25) is 0 Å². The largest absolute Gasteiger partial charge is 0.478 e. The predicted octanol–water partition coefficient (Wildman–Crippen LogP) is 2.43. The normalized spacial score (nSPS) is 19.5. The average molecular weight is 263 g/mol. The lowest BCUT2D eigenvalue weighted by Gasteiger charge is -2.38. The van der Waals surface area contributed by atoms with E-state index in [9.17, 15) is 15.0 Å². The number of hydrogen-bond acceptors (Lipinski definition) is 3. The minimum Gasteiger partial charge on any atom is -0.478 e. The van der Waals surface area contributed by atoms with Crippen molar-refractivity contribution in [2.45, 2.75) is 38.6 Å². The van der Waals surface area contributed by atoms with E-state index in [0.29, 0.717) is 12.0 Å². The number of aromatic carboxylic acids is 1. The Kier molecular flexibility index (Phi) is 4.43. The number of anilines is 1. The maximum atomic E-state index is 11.4. The molecule has 0 saturated carbocycles. The molecule has 1 aliphatic rings. The first-order chi connectivity index (χ1) is 9.13. The van der Waals surface area contributed by atoms with Gasteiger partial charge in [-0.2, -0.15) is 0 Å². The van der Waals surface area contributed by atoms with Gasteiger partial charge in [0.1, 0.15) is 0 Å². The molecule has 1 aromatic carbocycles. The predicted molar refractivity (Wildman–Crippen MR) is 74.8 cm³/mol. The van der Waals surface area contributed by atoms with Gasteiger partial charge in [-0.15, -0.1) is 0 Å². The minimum atomic E-state index is -0.886. The van der Waals surface area contributed by atoms with Crippen LogP contribution in [-0.4, -0.2) is 35.4 Å². The third-order valence-electron chi connectivity index (χ3n) is 3.78. The molecular weight excluding hydrogens is 242 g/mol. The number of aryl methyl sites for hydroxylation is 1. The molecule has 1 fully saturated rings. The van der Waals surface area contributed by atoms with Crippen molar-refractivity contribution >= 4 is 11.7 Å². The van der Waals surface area contributed by atoms with Crippen LogP contribution in [0.1, 0.15) is 41.6 Å². The van der Waals surface area contributed by atoms with Gasteiger partial charge in [0.25, 0.3) is 0 Å². The molecule has 1 aliphatic heterocycles. The summed E-state index contributed by atoms with van der Waals surface area (Å²) in [6.07, 6.45) is 3.95. The lowest BCUT2D eigenvalue weighted by molar-refractivity contribution is 0.0697. The van der Waals surface area contributed by atoms with Crippen molar-refractivity contribution in [2.24, 2.45) is 0 Å². The van der Waals surface area contributed by atoms with Gasteiger partial charge in [0.2, 0.25) is 0 Å². The summed E-state index contributed by atoms with van der Waals surface area (Å²) in [6, 6.07) is 5.70. The second-order valence-corrected chi connectivity index (χ2v) is 5.18. The van der Waals surface area contributed by atoms with Gasteiger partial charge >= 0.3 is 5.97 Å². The number of carboxylic acids is 1. The summed E-state index contributed by atoms with van der Waals surface area (Å²) in [5.41, 5.74) is 2.22. The van der Waals surface area contributed by atoms with Gasteiger partial charge < -0.3 is 15.1 Å². The average Bonchev–Trinajstić information content (AvgIpc) is 2.39. The molecule has 1 saturated heterocycles. The smallest absolute Gasteiger partial charge is 0.337 e. The first kappa shape index (κ1) is 13.9. The molecule has 0 bridgehead atoms. The summed E-state index contributed by atoms with van der Waals surface area (Å²) < 4.78 is 0. The van der Waals surface area contributed by atoms with Crippen LogP contribution < -0.4 is 4.90 Å². The molecule has 1 unspecified atom stereocenters. The fourth-order valence-electron chi connectivity index (χ4n) is 2.83. The van der Waals surface area contributed by atoms with E-state index < -0.39 is 5.97 Å². The van der Waals surface area contributed by atoms with Crippen molar-refractivity contribution in [1.82, 2.24) is 0 Å². The Morgan fingerprint density at radius 3 is 2.89 bits per heavy atom. The molecule has 1 heterocycles. The molecular formula is C15H21NO3. The minimum absolute atomic E-state index is 0.148. The van der Waals surface area contributed by atoms with Crippen LogP contribution in [0.4, 0.5) is 5.69 Å². The van der Waals surface area contributed by atoms with Crippen molar-refractivity contribution in [3.05, 3.63) is 29.3 Å². The van der Waals surface area contributed by atoms with Crippen molar-refractivity contribution in [2.75, 3.05) is 18.1 Å². The van der Waals surface area contributed by atoms with Crippen LogP contribution in [0.5, 0.6) is 0 Å². The van der Waals surface area contributed by atoms with Gasteiger partial charge in [-0.1, -0.05) is 6.07 Å². The topological polar surface area (TPSA) is 60.8 Å². The number of piperidine rings is 1. The standard InChI is InChI=1S/C15H21NO3/c1-11-5-6-13(15(18)19)14(10-11)16-8-3-2-4-12(16)7-9-17/h5-6,10,12,17H,2-4,7-9H2,1H3,(H,18,19). The van der Waals surface area contributed by atoms with E-state index in [0.717, 1.165) is 37.1 Å². The Balaban J connectivity index is 2.37. The van der Waals surface area contributed by atoms with E-state index in [-0.39, 0.29) is 12.6 Å². The fourth-order valence-corrected chi connectivity index (χ4v) is 2.83. The first-order valence-electron chi connectivity index (χ1n) is 6.85. The van der Waals surface area contributed by atoms with E-state index in [1.807, 2.05) is 19.1 Å². The van der Waals surface area contributed by atoms with Crippen LogP contribution in [0.3, 0.4) is 0 Å². The Bertz CT molecular complexity index is 457. The Labute approximate surface area is 113 Å². The van der Waals surface area contributed by atoms with Gasteiger partial charge in [0, 0.05) is 19.2 Å². The summed E-state index contributed by atoms with van der Waals surface area (Å²) in [7, 11) is 0. The summed E-state index contributed by atoms with van der Waals surface area (Å²) in [5, 5.41) is 18.5. The molecule has 0 amide bonds. The van der Waals surface area contributed by atoms with Gasteiger partial charge in [0.15, 0.2) is 0 Å². The Hall–Kier alpha value is -1.55. The molecule has 1 atom stereocenters. The number of carbonyl (C=O) groups is 1. The zero-order chi connectivity index (χ0) is 13.8. The second-order valence-electron chi connectivity index (χ2n) is 5.18. The highest BCUT2D eigenvalue weighted by atomic mass is 16.4. The number of rotatable bonds is 4. The van der Waals surface area contributed by atoms with E-state index in [2.05, 4.69) is 4.90 Å². The highest BCUT2D eigenvalue weighted by Crippen LogP contribution is 2.30. The summed E-state index contributed by atoms with van der Waals surface area (Å²) >= 11 is 0. The zero-order valence-electron chi connectivity index (χ0n) is 11.3. The van der Waals surface area contributed by atoms with Crippen LogP contribution in [-0.2, 0) is 0 Å². The quantitative estimate of drug-likeness (QED) is 0.876. The van der Waals surface area contributed by atoms with Crippen molar-refractivity contribution in [3.8, 4) is 0 Å². The molecule has 0 aliphatic carbocycles. The molecule has 104 valence electrons. The number of carboxylic acid groups (broad SMARTS) is 1. The number of aliphatic hydroxyl groups excluding tert-OH is 1. The first-order valence-corrected chi connectivity index (χ1v) is 6.85. The number of benzene rings is 1. The number of nitrogens with zero attached hydrogens (tertiary/aromatic N) is 1. The molecule has 2 rings (SSSR count). The molecule has 0 radical (unpaired) electrons. The molecule has 0 aromatic heterocycles. The van der Waals surface area contributed by atoms with E-state index >= 15 is 0 Å². The van der Waals surface area contributed by atoms with Crippen molar-refractivity contribution in [3.63, 3.8) is 0 Å². The van der Waals surface area contributed by atoms with Gasteiger partial charge in [0.05, 0.1) is 11.3 Å². The fraction of sp³-hybridized carbons (Fsp3) is 0.533. The maximum Gasteiger partial charge on any atom is 0.337 e. The summed E-state index contributed by atoms with van der Waals surface area (Å²) in [6.45, 7) is 2.99. The maximum absolute atomic E-state index is 11.4. The Morgan fingerprint density at radius 2 is 2.21 bits per heavy atom. The van der Waals surface area contributed by atoms with Crippen molar-refractivity contribution < 1.29 is 15.0 Å². The second kappa shape index (κ2) is 6.06. The van der Waals surface area contributed by atoms with Crippen molar-refractivity contribution in [1.29, 1.82) is 0 Å². The SMILES string of the molecule is Cc1ccc(C(=O)O)c(N2CCCCC2CCO)c1. The van der Waals surface area contributed by atoms with Crippen LogP contribution in [0.2, 0.25) is 0 Å². The van der Waals surface area contributed by atoms with Crippen LogP contribution in [0, 0.1) is 6.92 Å². The molecule has 4 heteroatoms. The molecule has 19 heavy (non-hydrogen) atoms. The van der Waals surface area contributed by atoms with Gasteiger partial charge in [-0.05, 0) is 50.3 Å². The highest BCUT2D eigenvalue weighted by Gasteiger charge is 2.25. The molecule has 4 nitrogen and oxygen atoms in total. The Morgan fingerprint density at radius 1 is 1.42 bits per heavy atom. The monoisotopic (exact) mass is 263 g/mol. The molecule has 2 N–H and O–H groups in total. The van der Waals surface area contributed by atoms with E-state index in [1.165, 1.54) is 0 Å². The lowest BCUT2D eigenvalue weighted by atomic mass is 9.97. The highest BCUT2D eigenvalue weighted by molar-refractivity contribution is 5.94. The zero-order valence-corrected chi connectivity index (χ0v) is 11.3. The number of aliphatic hydroxyl groups is 1. The lowest BCUT2D eigenvalue weighted by Crippen LogP contribution is -2.41. The molecule has 0 spiro atoms. The van der Waals surface area contributed by atoms with E-state index in [1.54, 1.807) is 6.07 Å². The third kappa shape index (κ3) is 3.07. The van der Waals surface area contributed by atoms with E-state index in [4.69, 9.17) is 0 Å². The van der Waals surface area contributed by atoms with Crippen LogP contribution >= 0.6 is 0 Å². The van der Waals surface area contributed by atoms with Crippen LogP contribution in [0.15, 0.2) is 18.2 Å². The molecule has 1 aromatic rings. The number of hydrogen-bond donors (Lipinski definition) is 2. The van der Waals surface area contributed by atoms with Gasteiger partial charge in [-0.25, -0.2) is 4.79 Å².